The molecule has 0 aliphatic carbocycles. The molecule has 0 spiro atoms. The lowest BCUT2D eigenvalue weighted by Gasteiger charge is -2.32. The minimum Gasteiger partial charge on any atom is -0.488 e. The Balaban J connectivity index is 1.31. The number of ether oxygens (including phenoxy) is 1. The minimum atomic E-state index is -0.456. The minimum absolute atomic E-state index is 0.0305. The van der Waals surface area contributed by atoms with Crippen LogP contribution in [0.15, 0.2) is 24.4 Å². The number of H-pyrrole nitrogens is 1. The summed E-state index contributed by atoms with van der Waals surface area (Å²) in [6, 6.07) is 5.74. The van der Waals surface area contributed by atoms with E-state index in [2.05, 4.69) is 20.4 Å². The first-order chi connectivity index (χ1) is 15.9. The number of carbonyl (C=O) groups is 3. The summed E-state index contributed by atoms with van der Waals surface area (Å²) in [5.41, 5.74) is 1.99. The zero-order valence-corrected chi connectivity index (χ0v) is 18.6. The van der Waals surface area contributed by atoms with E-state index in [1.165, 1.54) is 0 Å². The van der Waals surface area contributed by atoms with Crippen LogP contribution in [0, 0.1) is 6.92 Å². The van der Waals surface area contributed by atoms with E-state index in [9.17, 15) is 14.4 Å². The first-order valence-corrected chi connectivity index (χ1v) is 11.2. The fraction of sp³-hybridized carbons (Fsp3) is 0.435. The number of imidazole rings is 1. The number of aryl methyl sites for hydroxylation is 2. The summed E-state index contributed by atoms with van der Waals surface area (Å²) in [7, 11) is 1.83. The number of likely N-dealkylation sites (tertiary alicyclic amines) is 1. The monoisotopic (exact) mass is 450 g/mol. The molecule has 10 nitrogen and oxygen atoms in total. The summed E-state index contributed by atoms with van der Waals surface area (Å²) >= 11 is 0. The Kier molecular flexibility index (Phi) is 5.35. The molecular formula is C23H26N6O4. The van der Waals surface area contributed by atoms with Crippen molar-refractivity contribution in [1.29, 1.82) is 0 Å². The molecule has 0 bridgehead atoms. The molecular weight excluding hydrogens is 424 g/mol. The number of nitrogens with zero attached hydrogens (tertiary/aromatic N) is 4. The van der Waals surface area contributed by atoms with E-state index in [0.29, 0.717) is 55.9 Å². The van der Waals surface area contributed by atoms with Crippen LogP contribution in [-0.2, 0) is 16.6 Å². The maximum atomic E-state index is 12.6. The quantitative estimate of drug-likeness (QED) is 0.585. The van der Waals surface area contributed by atoms with E-state index in [0.717, 1.165) is 16.7 Å². The van der Waals surface area contributed by atoms with E-state index < -0.39 is 5.92 Å². The fourth-order valence-corrected chi connectivity index (χ4v) is 4.69. The van der Waals surface area contributed by atoms with Crippen LogP contribution in [0.4, 0.5) is 0 Å². The standard InChI is InChI=1S/C23H26N6O4/c1-13-24-12-17(25-13)23(32)29-10-8-14(9-11-29)33-18-5-3-4-15-20(27-28(2)21(15)18)16-6-7-19(30)26-22(16)31/h3-5,12,14,16H,6-11H2,1-2H3,(H,24,25)(H,26,30,31). The molecule has 4 heterocycles. The molecule has 0 radical (unpaired) electrons. The van der Waals surface area contributed by atoms with Gasteiger partial charge in [-0.3, -0.25) is 24.4 Å². The summed E-state index contributed by atoms with van der Waals surface area (Å²) in [4.78, 5) is 45.5. The number of imide groups is 1. The molecule has 2 aliphatic heterocycles. The van der Waals surface area contributed by atoms with Crippen LogP contribution in [0.1, 0.15) is 53.6 Å². The number of nitrogens with one attached hydrogen (secondary N) is 2. The Morgan fingerprint density at radius 2 is 1.97 bits per heavy atom. The Morgan fingerprint density at radius 3 is 2.67 bits per heavy atom. The van der Waals surface area contributed by atoms with Crippen LogP contribution in [0.5, 0.6) is 5.75 Å². The molecule has 33 heavy (non-hydrogen) atoms. The number of rotatable bonds is 4. The Bertz CT molecular complexity index is 1240. The third kappa shape index (κ3) is 3.96. The summed E-state index contributed by atoms with van der Waals surface area (Å²) in [5.74, 6) is 0.376. The number of para-hydroxylation sites is 1. The molecule has 1 unspecified atom stereocenters. The van der Waals surface area contributed by atoms with E-state index >= 15 is 0 Å². The van der Waals surface area contributed by atoms with Crippen molar-refractivity contribution in [3.05, 3.63) is 41.6 Å². The number of hydrogen-bond acceptors (Lipinski definition) is 6. The number of aromatic amines is 1. The molecule has 2 aromatic heterocycles. The number of hydrogen-bond donors (Lipinski definition) is 2. The van der Waals surface area contributed by atoms with Gasteiger partial charge in [0, 0.05) is 44.8 Å². The van der Waals surface area contributed by atoms with Gasteiger partial charge in [0.2, 0.25) is 11.8 Å². The van der Waals surface area contributed by atoms with Gasteiger partial charge in [0.1, 0.15) is 28.9 Å². The van der Waals surface area contributed by atoms with Gasteiger partial charge in [-0.25, -0.2) is 4.98 Å². The van der Waals surface area contributed by atoms with Crippen molar-refractivity contribution in [2.75, 3.05) is 13.1 Å². The second kappa shape index (κ2) is 8.34. The van der Waals surface area contributed by atoms with Crippen LogP contribution in [0.25, 0.3) is 10.9 Å². The van der Waals surface area contributed by atoms with Crippen LogP contribution in [-0.4, -0.2) is 61.6 Å². The molecule has 2 saturated heterocycles. The maximum absolute atomic E-state index is 12.6. The maximum Gasteiger partial charge on any atom is 0.271 e. The number of fused-ring (bicyclic) bond motifs is 1. The number of aromatic nitrogens is 4. The van der Waals surface area contributed by atoms with Gasteiger partial charge >= 0.3 is 0 Å². The van der Waals surface area contributed by atoms with Crippen molar-refractivity contribution < 1.29 is 19.1 Å². The highest BCUT2D eigenvalue weighted by atomic mass is 16.5. The van der Waals surface area contributed by atoms with Crippen molar-refractivity contribution in [2.45, 2.75) is 44.6 Å². The van der Waals surface area contributed by atoms with Crippen molar-refractivity contribution in [2.24, 2.45) is 7.05 Å². The SMILES string of the molecule is Cc1ncc(C(=O)N2CCC(Oc3cccc4c(C5CCC(=O)NC5=O)nn(C)c34)CC2)[nH]1. The number of amides is 3. The summed E-state index contributed by atoms with van der Waals surface area (Å²) in [5, 5.41) is 7.88. The molecule has 1 atom stereocenters. The van der Waals surface area contributed by atoms with E-state index in [4.69, 9.17) is 4.74 Å². The molecule has 3 aromatic rings. The lowest BCUT2D eigenvalue weighted by Crippen LogP contribution is -2.42. The molecule has 0 saturated carbocycles. The Hall–Kier alpha value is -3.69. The molecule has 1 aromatic carbocycles. The Labute approximate surface area is 190 Å². The average molecular weight is 450 g/mol. The van der Waals surface area contributed by atoms with Crippen molar-refractivity contribution in [3.8, 4) is 5.75 Å². The lowest BCUT2D eigenvalue weighted by molar-refractivity contribution is -0.134. The normalized spacial score (nSPS) is 19.7. The highest BCUT2D eigenvalue weighted by molar-refractivity contribution is 6.03. The highest BCUT2D eigenvalue weighted by Gasteiger charge is 2.32. The van der Waals surface area contributed by atoms with Gasteiger partial charge in [0.25, 0.3) is 5.91 Å². The zero-order chi connectivity index (χ0) is 23.1. The van der Waals surface area contributed by atoms with Crippen molar-refractivity contribution >= 4 is 28.6 Å². The fourth-order valence-electron chi connectivity index (χ4n) is 4.69. The predicted molar refractivity (Wildman–Crippen MR) is 119 cm³/mol. The molecule has 2 N–H and O–H groups in total. The first kappa shape index (κ1) is 21.2. The number of benzene rings is 1. The number of carbonyl (C=O) groups excluding carboxylic acids is 3. The van der Waals surface area contributed by atoms with Crippen LogP contribution >= 0.6 is 0 Å². The molecule has 2 fully saturated rings. The predicted octanol–water partition coefficient (Wildman–Crippen LogP) is 1.81. The van der Waals surface area contributed by atoms with E-state index in [1.807, 2.05) is 37.1 Å². The average Bonchev–Trinajstić information content (AvgIpc) is 3.38. The van der Waals surface area contributed by atoms with Gasteiger partial charge < -0.3 is 14.6 Å². The lowest BCUT2D eigenvalue weighted by atomic mass is 9.93. The van der Waals surface area contributed by atoms with Gasteiger partial charge in [-0.05, 0) is 19.4 Å². The van der Waals surface area contributed by atoms with Crippen LogP contribution < -0.4 is 10.1 Å². The molecule has 5 rings (SSSR count). The largest absolute Gasteiger partial charge is 0.488 e. The van der Waals surface area contributed by atoms with E-state index in [1.54, 1.807) is 10.9 Å². The third-order valence-corrected chi connectivity index (χ3v) is 6.38. The highest BCUT2D eigenvalue weighted by Crippen LogP contribution is 2.35. The van der Waals surface area contributed by atoms with Crippen molar-refractivity contribution in [1.82, 2.24) is 30.0 Å². The second-order valence-corrected chi connectivity index (χ2v) is 8.66. The molecule has 3 amide bonds. The van der Waals surface area contributed by atoms with Gasteiger partial charge in [-0.2, -0.15) is 5.10 Å². The van der Waals surface area contributed by atoms with Crippen LogP contribution in [0.2, 0.25) is 0 Å². The van der Waals surface area contributed by atoms with Gasteiger partial charge in [-0.15, -0.1) is 0 Å². The topological polar surface area (TPSA) is 122 Å². The van der Waals surface area contributed by atoms with Gasteiger partial charge in [-0.1, -0.05) is 12.1 Å². The third-order valence-electron chi connectivity index (χ3n) is 6.38. The molecule has 10 heteroatoms. The first-order valence-electron chi connectivity index (χ1n) is 11.2. The summed E-state index contributed by atoms with van der Waals surface area (Å²) in [6.45, 7) is 3.02. The van der Waals surface area contributed by atoms with Gasteiger partial charge in [0.05, 0.1) is 17.8 Å². The van der Waals surface area contributed by atoms with Crippen LogP contribution in [0.3, 0.4) is 0 Å². The van der Waals surface area contributed by atoms with Gasteiger partial charge in [0.15, 0.2) is 0 Å². The second-order valence-electron chi connectivity index (χ2n) is 8.66. The van der Waals surface area contributed by atoms with Crippen molar-refractivity contribution in [3.63, 3.8) is 0 Å². The molecule has 172 valence electrons. The zero-order valence-electron chi connectivity index (χ0n) is 18.6. The molecule has 2 aliphatic rings. The number of piperidine rings is 2. The van der Waals surface area contributed by atoms with E-state index in [-0.39, 0.29) is 23.8 Å². The Morgan fingerprint density at radius 1 is 1.18 bits per heavy atom. The summed E-state index contributed by atoms with van der Waals surface area (Å²) in [6.07, 6.45) is 3.73. The smallest absolute Gasteiger partial charge is 0.271 e. The summed E-state index contributed by atoms with van der Waals surface area (Å²) < 4.78 is 8.10.